The molecule has 0 saturated heterocycles. The standard InChI is InChI=1S/C3H6.3C2H4.C2H3.4CH3O.CH2.2O.2W/c1-3-2;8*1-2;;;;;/h1-3H2;3*1-2H2;1H,2H2;4*2H,1H2;1H2;;;;/q-2;;;;+1;4*-1;;;;;/i;;;;;4*2T;;;;;. The monoisotopic (exact) mass is 699 g/mol. The summed E-state index contributed by atoms with van der Waals surface area (Å²) in [5, 5.41) is 13.0. The molecule has 8 heteroatoms. The maximum absolute atomic E-state index is 8.99. The molecule has 0 aliphatic rings. The van der Waals surface area contributed by atoms with Crippen molar-refractivity contribution in [1.82, 2.24) is 0 Å². The van der Waals surface area contributed by atoms with Gasteiger partial charge in [0.15, 0.2) is 12.3 Å². The van der Waals surface area contributed by atoms with Gasteiger partial charge in [-0.05, 0) is 0 Å². The Morgan fingerprint density at radius 1 is 0.833 bits per heavy atom. The molecule has 0 rings (SSSR count). The SMILES string of the molecule is C=C.C=C.C=C.[3H]O[CH2-].[3H]O[CH2-].[3H]O[CH2-].[3H]O[CH2-].[CH+]=C.[CH2-]C[CH2-].[CH2]=[W]=[O].[O]=[W]. The van der Waals surface area contributed by atoms with E-state index in [1.54, 1.807) is 0 Å². The van der Waals surface area contributed by atoms with Crippen LogP contribution in [0.1, 0.15) is 12.1 Å². The molecule has 0 aromatic carbocycles. The van der Waals surface area contributed by atoms with E-state index in [-0.39, 0.29) is 0 Å². The van der Waals surface area contributed by atoms with E-state index < -0.39 is 18.1 Å². The first-order chi connectivity index (χ1) is 13.5. The molecular weight excluding hydrogens is 656 g/mol. The first kappa shape index (κ1) is 43.7. The van der Waals surface area contributed by atoms with Crippen molar-refractivity contribution in [3.05, 3.63) is 94.9 Å². The summed E-state index contributed by atoms with van der Waals surface area (Å²) in [4.78, 5) is 3.10. The summed E-state index contributed by atoms with van der Waals surface area (Å²) in [6.45, 7) is 31.8. The van der Waals surface area contributed by atoms with Crippen LogP contribution in [0.15, 0.2) is 46.1 Å². The zero-order chi connectivity index (χ0) is 26.2. The molecule has 0 heterocycles. The van der Waals surface area contributed by atoms with Gasteiger partial charge in [-0.1, -0.05) is 0 Å². The molecule has 0 atom stereocenters. The van der Waals surface area contributed by atoms with Gasteiger partial charge in [0.05, 0.1) is 0 Å². The number of aliphatic hydroxyl groups is 4. The van der Waals surface area contributed by atoms with Crippen LogP contribution in [-0.4, -0.2) is 25.3 Å². The number of hydrogen-bond donors (Lipinski definition) is 4. The number of hydrogen-bond acceptors (Lipinski definition) is 6. The molecule has 0 aliphatic carbocycles. The van der Waals surface area contributed by atoms with Gasteiger partial charge in [-0.3, -0.25) is 0 Å². The van der Waals surface area contributed by atoms with Crippen LogP contribution < -0.4 is 0 Å². The minimum absolute atomic E-state index is 0.333. The zero-order valence-electron chi connectivity index (χ0n) is 18.4. The predicted octanol–water partition coefficient (Wildman–Crippen LogP) is 4.38. The van der Waals surface area contributed by atoms with Crippen LogP contribution in [0, 0.1) is 48.9 Å². The molecule has 4 N–H and O–H groups in total. The Bertz CT molecular complexity index is 140. The van der Waals surface area contributed by atoms with Crippen molar-refractivity contribution in [3.63, 3.8) is 0 Å². The van der Waals surface area contributed by atoms with Gasteiger partial charge in [0.2, 0.25) is 0 Å². The number of aliphatic hydroxyl groups excluding tert-OH is 4. The van der Waals surface area contributed by atoms with Gasteiger partial charge in [-0.2, -0.15) is 0 Å². The molecular formula is C16H35O6W2-5. The van der Waals surface area contributed by atoms with Gasteiger partial charge in [0, 0.05) is 0 Å². The van der Waals surface area contributed by atoms with Gasteiger partial charge >= 0.3 is 49.5 Å². The Morgan fingerprint density at radius 2 is 0.833 bits per heavy atom. The Balaban J connectivity index is -0.0000000127. The molecule has 0 spiro atoms. The van der Waals surface area contributed by atoms with E-state index in [4.69, 9.17) is 12.5 Å². The van der Waals surface area contributed by atoms with E-state index in [1.165, 1.54) is 0 Å². The van der Waals surface area contributed by atoms with Gasteiger partial charge < -0.3 is 40.7 Å². The van der Waals surface area contributed by atoms with E-state index in [0.29, 0.717) is 19.8 Å². The molecule has 0 bridgehead atoms. The van der Waals surface area contributed by atoms with Crippen LogP contribution in [-0.2, 0) is 44.6 Å². The van der Waals surface area contributed by atoms with E-state index in [2.05, 4.69) is 120 Å². The summed E-state index contributed by atoms with van der Waals surface area (Å²) >= 11 is -0.917. The van der Waals surface area contributed by atoms with Crippen LogP contribution in [0.5, 0.6) is 0 Å². The van der Waals surface area contributed by atoms with Crippen LogP contribution in [0.2, 0.25) is 0 Å². The van der Waals surface area contributed by atoms with E-state index in [0.717, 1.165) is 6.42 Å². The molecule has 6 nitrogen and oxygen atoms in total. The Kier molecular flexibility index (Phi) is 7880. The minimum atomic E-state index is -1.25. The molecule has 0 fully saturated rings. The van der Waals surface area contributed by atoms with Crippen LogP contribution in [0.25, 0.3) is 0 Å². The summed E-state index contributed by atoms with van der Waals surface area (Å²) in [6, 6.07) is 0. The van der Waals surface area contributed by atoms with Crippen molar-refractivity contribution in [2.75, 3.05) is 0 Å². The Morgan fingerprint density at radius 3 is 0.833 bits per heavy atom. The molecule has 0 amide bonds. The van der Waals surface area contributed by atoms with Gasteiger partial charge in [0.1, 0.15) is 6.58 Å². The topological polar surface area (TPSA) is 115 Å². The fraction of sp³-hybridized carbons (Fsp3) is 0.0625. The van der Waals surface area contributed by atoms with Gasteiger partial charge in [-0.25, -0.2) is 28.4 Å². The summed E-state index contributed by atoms with van der Waals surface area (Å²) < 4.78 is 39.7. The number of rotatable bonds is 0. The first-order valence-electron chi connectivity index (χ1n) is 6.32. The van der Waals surface area contributed by atoms with Crippen molar-refractivity contribution < 1.29 is 70.8 Å². The molecule has 0 aliphatic heterocycles. The maximum atomic E-state index is 8.99. The van der Waals surface area contributed by atoms with Crippen LogP contribution >= 0.6 is 0 Å². The van der Waals surface area contributed by atoms with E-state index in [1.807, 2.05) is 0 Å². The van der Waals surface area contributed by atoms with Crippen molar-refractivity contribution >= 4 is 4.90 Å². The third kappa shape index (κ3) is 46300. The van der Waals surface area contributed by atoms with Crippen LogP contribution in [0.3, 0.4) is 0 Å². The third-order valence-corrected chi connectivity index (χ3v) is 0. The third-order valence-electron chi connectivity index (χ3n) is 0. The second-order valence-corrected chi connectivity index (χ2v) is 1.32. The molecule has 0 saturated carbocycles. The fourth-order valence-corrected chi connectivity index (χ4v) is 0. The second-order valence-electron chi connectivity index (χ2n) is 0.471. The zero-order valence-corrected chi connectivity index (χ0v) is 20.3. The first-order valence-corrected chi connectivity index (χ1v) is 9.15. The molecule has 24 heavy (non-hydrogen) atoms. The van der Waals surface area contributed by atoms with E-state index >= 15 is 0 Å². The van der Waals surface area contributed by atoms with E-state index in [9.17, 15) is 0 Å². The van der Waals surface area contributed by atoms with Crippen molar-refractivity contribution in [2.45, 2.75) is 6.42 Å². The molecule has 0 unspecified atom stereocenters. The molecule has 0 aromatic heterocycles. The molecule has 0 radical (unpaired) electrons. The summed E-state index contributed by atoms with van der Waals surface area (Å²) in [5.74, 6) is 0. The average molecular weight is 699 g/mol. The van der Waals surface area contributed by atoms with Crippen molar-refractivity contribution in [1.29, 1.82) is 0 Å². The Labute approximate surface area is 176 Å². The summed E-state index contributed by atoms with van der Waals surface area (Å²) in [5.41, 5.74) is 0. The quantitative estimate of drug-likeness (QED) is 0.221. The normalized spacial score (nSPS) is 5.21. The molecule has 0 aromatic rings. The fourth-order valence-electron chi connectivity index (χ4n) is 0. The second kappa shape index (κ2) is 4330. The average Bonchev–Trinajstić information content (AvgIpc) is 2.73. The molecule has 152 valence electrons. The van der Waals surface area contributed by atoms with Crippen molar-refractivity contribution in [3.8, 4) is 0 Å². The summed E-state index contributed by atoms with van der Waals surface area (Å²) in [6.07, 6.45) is 0.750. The van der Waals surface area contributed by atoms with Gasteiger partial charge in [-0.15, -0.1) is 39.5 Å². The Hall–Kier alpha value is -0.443. The summed E-state index contributed by atoms with van der Waals surface area (Å²) in [7, 11) is 10.6. The van der Waals surface area contributed by atoms with Crippen molar-refractivity contribution in [2.24, 2.45) is 0 Å². The van der Waals surface area contributed by atoms with Crippen LogP contribution in [0.4, 0.5) is 0 Å². The van der Waals surface area contributed by atoms with Gasteiger partial charge in [0.25, 0.3) is 0 Å². The predicted molar refractivity (Wildman–Crippen MR) is 96.7 cm³/mol.